The van der Waals surface area contributed by atoms with Crippen molar-refractivity contribution in [1.82, 2.24) is 14.7 Å². The molecule has 1 aliphatic rings. The number of aryl methyl sites for hydroxylation is 1. The van der Waals surface area contributed by atoms with Crippen LogP contribution in [0.1, 0.15) is 21.4 Å². The highest BCUT2D eigenvalue weighted by Gasteiger charge is 2.33. The summed E-state index contributed by atoms with van der Waals surface area (Å²) in [5.74, 6) is 0.922. The first kappa shape index (κ1) is 16.7. The van der Waals surface area contributed by atoms with Crippen molar-refractivity contribution in [1.29, 1.82) is 0 Å². The summed E-state index contributed by atoms with van der Waals surface area (Å²) < 4.78 is 1.68. The molecular weight excluding hydrogens is 374 g/mol. The summed E-state index contributed by atoms with van der Waals surface area (Å²) >= 11 is 9.51. The molecule has 0 bridgehead atoms. The lowest BCUT2D eigenvalue weighted by Crippen LogP contribution is -2.31. The number of hydrogen-bond acceptors (Lipinski definition) is 4. The number of thioether (sulfide) groups is 1. The molecule has 0 N–H and O–H groups in total. The molecule has 7 heteroatoms. The van der Waals surface area contributed by atoms with Gasteiger partial charge in [-0.25, -0.2) is 0 Å². The minimum atomic E-state index is -0.00807. The van der Waals surface area contributed by atoms with Crippen LogP contribution in [-0.2, 0) is 7.05 Å². The number of nitrogens with zero attached hydrogens (tertiary/aromatic N) is 3. The molecule has 3 aromatic rings. The quantitative estimate of drug-likeness (QED) is 0.652. The third-order valence-electron chi connectivity index (χ3n) is 4.16. The highest BCUT2D eigenvalue weighted by Crippen LogP contribution is 2.39. The molecule has 3 heterocycles. The number of carbonyl (C=O) groups is 1. The van der Waals surface area contributed by atoms with Gasteiger partial charge >= 0.3 is 0 Å². The smallest absolute Gasteiger partial charge is 0.273 e. The van der Waals surface area contributed by atoms with Crippen LogP contribution in [0.25, 0.3) is 10.6 Å². The standard InChI is InChI=1S/C18H16ClN3OS2/c1-21-15(11-14(20-21)16-6-3-8-24-16)17(23)22-7-9-25-18(22)12-4-2-5-13(19)10-12/h2-6,8,10-11,18H,7,9H2,1H3. The minimum Gasteiger partial charge on any atom is -0.320 e. The first-order valence-corrected chi connectivity index (χ1v) is 10.2. The van der Waals surface area contributed by atoms with Crippen LogP contribution >= 0.6 is 34.7 Å². The van der Waals surface area contributed by atoms with E-state index in [0.29, 0.717) is 10.7 Å². The van der Waals surface area contributed by atoms with Crippen LogP contribution in [0.3, 0.4) is 0 Å². The second kappa shape index (κ2) is 6.86. The van der Waals surface area contributed by atoms with Gasteiger partial charge in [-0.3, -0.25) is 9.48 Å². The van der Waals surface area contributed by atoms with E-state index in [1.165, 1.54) is 0 Å². The van der Waals surface area contributed by atoms with Gasteiger partial charge < -0.3 is 4.90 Å². The van der Waals surface area contributed by atoms with Gasteiger partial charge in [-0.1, -0.05) is 29.8 Å². The highest BCUT2D eigenvalue weighted by atomic mass is 35.5. The van der Waals surface area contributed by atoms with Crippen molar-refractivity contribution in [3.8, 4) is 10.6 Å². The maximum atomic E-state index is 13.1. The number of thiophene rings is 1. The Balaban J connectivity index is 1.64. The molecule has 0 saturated carbocycles. The molecule has 25 heavy (non-hydrogen) atoms. The third-order valence-corrected chi connectivity index (χ3v) is 6.55. The molecule has 1 aliphatic heterocycles. The number of benzene rings is 1. The fraction of sp³-hybridized carbons (Fsp3) is 0.222. The molecule has 0 spiro atoms. The topological polar surface area (TPSA) is 38.1 Å². The second-order valence-electron chi connectivity index (χ2n) is 5.79. The maximum Gasteiger partial charge on any atom is 0.273 e. The van der Waals surface area contributed by atoms with Crippen molar-refractivity contribution < 1.29 is 4.79 Å². The van der Waals surface area contributed by atoms with Crippen LogP contribution in [0.5, 0.6) is 0 Å². The Kier molecular flexibility index (Phi) is 4.58. The van der Waals surface area contributed by atoms with E-state index in [9.17, 15) is 4.79 Å². The predicted molar refractivity (Wildman–Crippen MR) is 104 cm³/mol. The van der Waals surface area contributed by atoms with Gasteiger partial charge in [-0.05, 0) is 35.2 Å². The Morgan fingerprint density at radius 2 is 2.16 bits per heavy atom. The Hall–Kier alpha value is -1.76. The third kappa shape index (κ3) is 3.21. The largest absolute Gasteiger partial charge is 0.320 e. The van der Waals surface area contributed by atoms with Crippen molar-refractivity contribution in [3.05, 3.63) is 64.1 Å². The average molecular weight is 390 g/mol. The van der Waals surface area contributed by atoms with Gasteiger partial charge in [0.25, 0.3) is 5.91 Å². The predicted octanol–water partition coefficient (Wildman–Crippen LogP) is 4.69. The minimum absolute atomic E-state index is 0.00721. The molecule has 1 saturated heterocycles. The molecule has 1 atom stereocenters. The number of carbonyl (C=O) groups excluding carboxylic acids is 1. The summed E-state index contributed by atoms with van der Waals surface area (Å²) in [4.78, 5) is 16.1. The van der Waals surface area contributed by atoms with Gasteiger partial charge in [-0.2, -0.15) is 5.10 Å². The van der Waals surface area contributed by atoms with Crippen molar-refractivity contribution in [2.75, 3.05) is 12.3 Å². The molecule has 4 rings (SSSR count). The Morgan fingerprint density at radius 1 is 1.28 bits per heavy atom. The lowest BCUT2D eigenvalue weighted by Gasteiger charge is -2.24. The summed E-state index contributed by atoms with van der Waals surface area (Å²) in [6.07, 6.45) is 0. The van der Waals surface area contributed by atoms with Gasteiger partial charge in [0.2, 0.25) is 0 Å². The molecule has 1 amide bonds. The zero-order valence-electron chi connectivity index (χ0n) is 13.6. The van der Waals surface area contributed by atoms with Crippen molar-refractivity contribution >= 4 is 40.6 Å². The number of amides is 1. The van der Waals surface area contributed by atoms with Crippen molar-refractivity contribution in [2.24, 2.45) is 7.05 Å². The van der Waals surface area contributed by atoms with Crippen molar-refractivity contribution in [2.45, 2.75) is 5.37 Å². The molecule has 1 unspecified atom stereocenters. The van der Waals surface area contributed by atoms with E-state index in [4.69, 9.17) is 11.6 Å². The van der Waals surface area contributed by atoms with Crippen LogP contribution in [0.4, 0.5) is 0 Å². The van der Waals surface area contributed by atoms with E-state index in [-0.39, 0.29) is 11.3 Å². The summed E-state index contributed by atoms with van der Waals surface area (Å²) in [7, 11) is 1.82. The number of rotatable bonds is 3. The first-order valence-electron chi connectivity index (χ1n) is 7.89. The molecular formula is C18H16ClN3OS2. The van der Waals surface area contributed by atoms with E-state index < -0.39 is 0 Å². The van der Waals surface area contributed by atoms with E-state index >= 15 is 0 Å². The van der Waals surface area contributed by atoms with Gasteiger partial charge in [0, 0.05) is 24.4 Å². The summed E-state index contributed by atoms with van der Waals surface area (Å²) in [6, 6.07) is 13.6. The SMILES string of the molecule is Cn1nc(-c2cccs2)cc1C(=O)N1CCSC1c1cccc(Cl)c1. The van der Waals surface area contributed by atoms with Gasteiger partial charge in [-0.15, -0.1) is 23.1 Å². The van der Waals surface area contributed by atoms with E-state index in [0.717, 1.165) is 28.4 Å². The molecule has 128 valence electrons. The average Bonchev–Trinajstić information content (AvgIpc) is 3.34. The normalized spacial score (nSPS) is 17.2. The maximum absolute atomic E-state index is 13.1. The molecule has 0 aliphatic carbocycles. The number of hydrogen-bond donors (Lipinski definition) is 0. The van der Waals surface area contributed by atoms with E-state index in [1.807, 2.05) is 59.8 Å². The van der Waals surface area contributed by atoms with Gasteiger partial charge in [0.15, 0.2) is 0 Å². The summed E-state index contributed by atoms with van der Waals surface area (Å²) in [6.45, 7) is 0.722. The van der Waals surface area contributed by atoms with E-state index in [2.05, 4.69) is 5.10 Å². The Labute approximate surface area is 159 Å². The van der Waals surface area contributed by atoms with Crippen LogP contribution in [0.2, 0.25) is 5.02 Å². The van der Waals surface area contributed by atoms with Gasteiger partial charge in [0.1, 0.15) is 16.8 Å². The molecule has 1 fully saturated rings. The fourth-order valence-electron chi connectivity index (χ4n) is 2.97. The number of halogens is 1. The lowest BCUT2D eigenvalue weighted by molar-refractivity contribution is 0.0749. The Bertz CT molecular complexity index is 907. The fourth-order valence-corrected chi connectivity index (χ4v) is 5.10. The second-order valence-corrected chi connectivity index (χ2v) is 8.36. The molecule has 1 aromatic carbocycles. The molecule has 0 radical (unpaired) electrons. The summed E-state index contributed by atoms with van der Waals surface area (Å²) in [5.41, 5.74) is 2.51. The summed E-state index contributed by atoms with van der Waals surface area (Å²) in [5, 5.41) is 7.21. The number of aromatic nitrogens is 2. The molecule has 2 aromatic heterocycles. The zero-order chi connectivity index (χ0) is 17.4. The molecule has 4 nitrogen and oxygen atoms in total. The lowest BCUT2D eigenvalue weighted by atomic mass is 10.2. The van der Waals surface area contributed by atoms with Crippen LogP contribution < -0.4 is 0 Å². The van der Waals surface area contributed by atoms with E-state index in [1.54, 1.807) is 27.8 Å². The van der Waals surface area contributed by atoms with Crippen molar-refractivity contribution in [3.63, 3.8) is 0 Å². The monoisotopic (exact) mass is 389 g/mol. The first-order chi connectivity index (χ1) is 12.1. The Morgan fingerprint density at radius 3 is 2.92 bits per heavy atom. The highest BCUT2D eigenvalue weighted by molar-refractivity contribution is 7.99. The van der Waals surface area contributed by atoms with Crippen LogP contribution in [-0.4, -0.2) is 32.9 Å². The van der Waals surface area contributed by atoms with Crippen LogP contribution in [0, 0.1) is 0 Å². The van der Waals surface area contributed by atoms with Crippen LogP contribution in [0.15, 0.2) is 47.8 Å². The zero-order valence-corrected chi connectivity index (χ0v) is 15.9. The van der Waals surface area contributed by atoms with Gasteiger partial charge in [0.05, 0.1) is 4.88 Å².